The fourth-order valence-corrected chi connectivity index (χ4v) is 2.56. The number of benzene rings is 1. The molecular weight excluding hydrogens is 302 g/mol. The van der Waals surface area contributed by atoms with Crippen molar-refractivity contribution in [3.63, 3.8) is 0 Å². The number of nitrogens with zero attached hydrogens (tertiary/aromatic N) is 1. The maximum atomic E-state index is 12.1. The van der Waals surface area contributed by atoms with E-state index in [1.807, 2.05) is 13.8 Å². The summed E-state index contributed by atoms with van der Waals surface area (Å²) < 4.78 is 0. The average molecular weight is 324 g/mol. The SMILES string of the molecule is CC(C)NC(=O)N1CCC(NC(=O)c2ccc(Cl)cc2)CC1. The van der Waals surface area contributed by atoms with Crippen molar-refractivity contribution >= 4 is 23.5 Å². The molecule has 3 amide bonds. The number of piperidine rings is 1. The van der Waals surface area contributed by atoms with Crippen LogP contribution in [0.2, 0.25) is 5.02 Å². The van der Waals surface area contributed by atoms with Crippen LogP contribution >= 0.6 is 11.6 Å². The number of carbonyl (C=O) groups is 2. The van der Waals surface area contributed by atoms with Crippen molar-refractivity contribution in [2.24, 2.45) is 0 Å². The summed E-state index contributed by atoms with van der Waals surface area (Å²) in [7, 11) is 0. The Morgan fingerprint density at radius 2 is 1.77 bits per heavy atom. The number of amides is 3. The smallest absolute Gasteiger partial charge is 0.317 e. The number of carbonyl (C=O) groups excluding carboxylic acids is 2. The Hall–Kier alpha value is -1.75. The first-order valence-corrected chi connectivity index (χ1v) is 7.95. The van der Waals surface area contributed by atoms with E-state index in [0.29, 0.717) is 23.7 Å². The van der Waals surface area contributed by atoms with E-state index < -0.39 is 0 Å². The van der Waals surface area contributed by atoms with Crippen molar-refractivity contribution in [3.05, 3.63) is 34.9 Å². The van der Waals surface area contributed by atoms with E-state index in [0.717, 1.165) is 12.8 Å². The van der Waals surface area contributed by atoms with Gasteiger partial charge in [-0.05, 0) is 51.0 Å². The summed E-state index contributed by atoms with van der Waals surface area (Å²) in [5.74, 6) is -0.0956. The number of urea groups is 1. The van der Waals surface area contributed by atoms with Crippen molar-refractivity contribution < 1.29 is 9.59 Å². The van der Waals surface area contributed by atoms with Crippen molar-refractivity contribution in [2.75, 3.05) is 13.1 Å². The Kier molecular flexibility index (Phi) is 5.66. The van der Waals surface area contributed by atoms with Crippen LogP contribution < -0.4 is 10.6 Å². The highest BCUT2D eigenvalue weighted by Gasteiger charge is 2.24. The van der Waals surface area contributed by atoms with Crippen molar-refractivity contribution in [1.82, 2.24) is 15.5 Å². The lowest BCUT2D eigenvalue weighted by Gasteiger charge is -2.32. The lowest BCUT2D eigenvalue weighted by molar-refractivity contribution is 0.0918. The molecule has 0 unspecified atom stereocenters. The standard InChI is InChI=1S/C16H22ClN3O2/c1-11(2)18-16(22)20-9-7-14(8-10-20)19-15(21)12-3-5-13(17)6-4-12/h3-6,11,14H,7-10H2,1-2H3,(H,18,22)(H,19,21). The van der Waals surface area contributed by atoms with Crippen molar-refractivity contribution in [3.8, 4) is 0 Å². The molecule has 2 rings (SSSR count). The first-order valence-electron chi connectivity index (χ1n) is 7.57. The van der Waals surface area contributed by atoms with E-state index in [-0.39, 0.29) is 24.0 Å². The summed E-state index contributed by atoms with van der Waals surface area (Å²) in [6.45, 7) is 5.20. The number of nitrogens with one attached hydrogen (secondary N) is 2. The van der Waals surface area contributed by atoms with Crippen LogP contribution in [0, 0.1) is 0 Å². The zero-order valence-corrected chi connectivity index (χ0v) is 13.7. The van der Waals surface area contributed by atoms with E-state index in [4.69, 9.17) is 11.6 Å². The molecule has 1 aromatic carbocycles. The van der Waals surface area contributed by atoms with Crippen LogP contribution in [0.4, 0.5) is 4.79 Å². The molecule has 5 nitrogen and oxygen atoms in total. The number of halogens is 1. The third-order valence-corrected chi connectivity index (χ3v) is 3.89. The highest BCUT2D eigenvalue weighted by Crippen LogP contribution is 2.13. The summed E-state index contributed by atoms with van der Waals surface area (Å²) >= 11 is 5.81. The highest BCUT2D eigenvalue weighted by atomic mass is 35.5. The normalized spacial score (nSPS) is 15.7. The Bertz CT molecular complexity index is 523. The van der Waals surface area contributed by atoms with Crippen molar-refractivity contribution in [2.45, 2.75) is 38.8 Å². The zero-order chi connectivity index (χ0) is 16.1. The molecular formula is C16H22ClN3O2. The number of likely N-dealkylation sites (tertiary alicyclic amines) is 1. The average Bonchev–Trinajstić information content (AvgIpc) is 2.48. The summed E-state index contributed by atoms with van der Waals surface area (Å²) in [4.78, 5) is 25.8. The molecule has 0 radical (unpaired) electrons. The Morgan fingerprint density at radius 1 is 1.18 bits per heavy atom. The van der Waals surface area contributed by atoms with Gasteiger partial charge in [0.2, 0.25) is 0 Å². The fraction of sp³-hybridized carbons (Fsp3) is 0.500. The van der Waals surface area contributed by atoms with Crippen LogP contribution in [0.3, 0.4) is 0 Å². The number of hydrogen-bond acceptors (Lipinski definition) is 2. The molecule has 0 bridgehead atoms. The summed E-state index contributed by atoms with van der Waals surface area (Å²) in [6, 6.07) is 7.04. The minimum Gasteiger partial charge on any atom is -0.349 e. The van der Waals surface area contributed by atoms with Gasteiger partial charge in [-0.25, -0.2) is 4.79 Å². The molecule has 6 heteroatoms. The van der Waals surface area contributed by atoms with Gasteiger partial charge in [0, 0.05) is 35.8 Å². The second-order valence-electron chi connectivity index (χ2n) is 5.85. The van der Waals surface area contributed by atoms with E-state index in [2.05, 4.69) is 10.6 Å². The second-order valence-corrected chi connectivity index (χ2v) is 6.28. The van der Waals surface area contributed by atoms with Crippen LogP contribution in [0.5, 0.6) is 0 Å². The first kappa shape index (κ1) is 16.6. The van der Waals surface area contributed by atoms with Gasteiger partial charge in [-0.2, -0.15) is 0 Å². The Morgan fingerprint density at radius 3 is 2.32 bits per heavy atom. The molecule has 0 aliphatic carbocycles. The fourth-order valence-electron chi connectivity index (χ4n) is 2.44. The van der Waals surface area contributed by atoms with Gasteiger partial charge in [-0.1, -0.05) is 11.6 Å². The monoisotopic (exact) mass is 323 g/mol. The van der Waals surface area contributed by atoms with Gasteiger partial charge < -0.3 is 15.5 Å². The maximum absolute atomic E-state index is 12.1. The van der Waals surface area contributed by atoms with Crippen LogP contribution in [-0.4, -0.2) is 42.0 Å². The second kappa shape index (κ2) is 7.49. The molecule has 1 aliphatic rings. The molecule has 1 heterocycles. The lowest BCUT2D eigenvalue weighted by atomic mass is 10.0. The molecule has 0 saturated carbocycles. The summed E-state index contributed by atoms with van der Waals surface area (Å²) in [5.41, 5.74) is 0.601. The highest BCUT2D eigenvalue weighted by molar-refractivity contribution is 6.30. The Balaban J connectivity index is 1.81. The first-order chi connectivity index (χ1) is 10.5. The molecule has 1 aromatic rings. The molecule has 1 fully saturated rings. The topological polar surface area (TPSA) is 61.4 Å². The van der Waals surface area contributed by atoms with Gasteiger partial charge in [0.1, 0.15) is 0 Å². The van der Waals surface area contributed by atoms with Crippen LogP contribution in [0.15, 0.2) is 24.3 Å². The molecule has 1 aliphatic heterocycles. The number of rotatable bonds is 3. The van der Waals surface area contributed by atoms with Crippen LogP contribution in [0.25, 0.3) is 0 Å². The molecule has 22 heavy (non-hydrogen) atoms. The van der Waals surface area contributed by atoms with Gasteiger partial charge in [0.25, 0.3) is 5.91 Å². The molecule has 0 atom stereocenters. The maximum Gasteiger partial charge on any atom is 0.317 e. The van der Waals surface area contributed by atoms with Gasteiger partial charge in [-0.15, -0.1) is 0 Å². The van der Waals surface area contributed by atoms with Crippen molar-refractivity contribution in [1.29, 1.82) is 0 Å². The quantitative estimate of drug-likeness (QED) is 0.898. The van der Waals surface area contributed by atoms with Gasteiger partial charge in [-0.3, -0.25) is 4.79 Å². The zero-order valence-electron chi connectivity index (χ0n) is 12.9. The molecule has 2 N–H and O–H groups in total. The third-order valence-electron chi connectivity index (χ3n) is 3.64. The Labute approximate surface area is 136 Å². The minimum absolute atomic E-state index is 0.0301. The summed E-state index contributed by atoms with van der Waals surface area (Å²) in [6.07, 6.45) is 1.54. The minimum atomic E-state index is -0.0956. The predicted octanol–water partition coefficient (Wildman–Crippen LogP) is 2.65. The molecule has 1 saturated heterocycles. The van der Waals surface area contributed by atoms with Gasteiger partial charge >= 0.3 is 6.03 Å². The van der Waals surface area contributed by atoms with Gasteiger partial charge in [0.05, 0.1) is 0 Å². The van der Waals surface area contributed by atoms with E-state index in [1.165, 1.54) is 0 Å². The van der Waals surface area contributed by atoms with Gasteiger partial charge in [0.15, 0.2) is 0 Å². The lowest BCUT2D eigenvalue weighted by Crippen LogP contribution is -2.50. The molecule has 0 spiro atoms. The largest absolute Gasteiger partial charge is 0.349 e. The van der Waals surface area contributed by atoms with E-state index in [1.54, 1.807) is 29.2 Å². The van der Waals surface area contributed by atoms with E-state index in [9.17, 15) is 9.59 Å². The third kappa shape index (κ3) is 4.63. The predicted molar refractivity (Wildman–Crippen MR) is 87.2 cm³/mol. The van der Waals surface area contributed by atoms with E-state index >= 15 is 0 Å². The van der Waals surface area contributed by atoms with Crippen LogP contribution in [0.1, 0.15) is 37.0 Å². The molecule has 120 valence electrons. The molecule has 0 aromatic heterocycles. The summed E-state index contributed by atoms with van der Waals surface area (Å²) in [5, 5.41) is 6.51. The number of hydrogen-bond donors (Lipinski definition) is 2. The van der Waals surface area contributed by atoms with Crippen LogP contribution in [-0.2, 0) is 0 Å².